The Kier molecular flexibility index (Phi) is 7.13. The standard InChI is InChI=1S/C23H23N5O4S/c29-20(24-18-12-7-13-19(14-18)28(31)32)15-33-23-25-21(16-8-3-1-4-9-16)26-27(23)22(30)17-10-5-2-6-11-17/h1,3-4,7-9,12-14,17H,2,5-6,10-11,15H2,(H,24,29). The molecule has 2 aromatic carbocycles. The normalized spacial score (nSPS) is 14.1. The van der Waals surface area contributed by atoms with Crippen molar-refractivity contribution < 1.29 is 14.5 Å². The van der Waals surface area contributed by atoms with Gasteiger partial charge in [-0.05, 0) is 18.9 Å². The second kappa shape index (κ2) is 10.4. The molecule has 1 fully saturated rings. The molecule has 170 valence electrons. The van der Waals surface area contributed by atoms with Crippen molar-refractivity contribution in [1.29, 1.82) is 0 Å². The number of rotatable bonds is 7. The van der Waals surface area contributed by atoms with Crippen LogP contribution in [0.5, 0.6) is 0 Å². The van der Waals surface area contributed by atoms with Crippen LogP contribution in [0.4, 0.5) is 11.4 Å². The first-order valence-electron chi connectivity index (χ1n) is 10.7. The lowest BCUT2D eigenvalue weighted by atomic mass is 9.89. The van der Waals surface area contributed by atoms with Gasteiger partial charge in [-0.15, -0.1) is 5.10 Å². The maximum atomic E-state index is 13.2. The SMILES string of the molecule is O=C(CSc1nc(-c2ccccc2)nn1C(=O)C1CCCCC1)Nc1cccc([N+](=O)[O-])c1. The van der Waals surface area contributed by atoms with Crippen LogP contribution in [-0.4, -0.2) is 37.3 Å². The van der Waals surface area contributed by atoms with E-state index in [0.717, 1.165) is 49.4 Å². The van der Waals surface area contributed by atoms with E-state index >= 15 is 0 Å². The molecule has 3 aromatic rings. The summed E-state index contributed by atoms with van der Waals surface area (Å²) in [6.07, 6.45) is 4.83. The third kappa shape index (κ3) is 5.64. The van der Waals surface area contributed by atoms with Crippen molar-refractivity contribution in [3.63, 3.8) is 0 Å². The van der Waals surface area contributed by atoms with E-state index in [4.69, 9.17) is 0 Å². The van der Waals surface area contributed by atoms with E-state index in [-0.39, 0.29) is 29.2 Å². The van der Waals surface area contributed by atoms with Crippen LogP contribution in [0.1, 0.15) is 36.9 Å². The molecule has 1 aromatic heterocycles. The minimum Gasteiger partial charge on any atom is -0.325 e. The lowest BCUT2D eigenvalue weighted by molar-refractivity contribution is -0.384. The maximum Gasteiger partial charge on any atom is 0.271 e. The maximum absolute atomic E-state index is 13.2. The minimum absolute atomic E-state index is 0.0203. The third-order valence-corrected chi connectivity index (χ3v) is 6.37. The number of carbonyl (C=O) groups is 2. The predicted octanol–water partition coefficient (Wildman–Crippen LogP) is 4.80. The number of anilines is 1. The van der Waals surface area contributed by atoms with E-state index in [2.05, 4.69) is 15.4 Å². The van der Waals surface area contributed by atoms with Crippen LogP contribution in [0.3, 0.4) is 0 Å². The number of nitrogens with one attached hydrogen (secondary N) is 1. The number of nitro groups is 1. The molecular weight excluding hydrogens is 442 g/mol. The molecule has 1 saturated carbocycles. The van der Waals surface area contributed by atoms with Crippen LogP contribution < -0.4 is 5.32 Å². The van der Waals surface area contributed by atoms with Crippen LogP contribution >= 0.6 is 11.8 Å². The molecule has 0 saturated heterocycles. The number of benzene rings is 2. The summed E-state index contributed by atoms with van der Waals surface area (Å²) in [5, 5.41) is 18.4. The second-order valence-electron chi connectivity index (χ2n) is 7.81. The van der Waals surface area contributed by atoms with Gasteiger partial charge in [0.25, 0.3) is 11.6 Å². The van der Waals surface area contributed by atoms with Crippen LogP contribution in [0.2, 0.25) is 0 Å². The van der Waals surface area contributed by atoms with Crippen molar-refractivity contribution in [3.8, 4) is 11.4 Å². The molecule has 33 heavy (non-hydrogen) atoms. The summed E-state index contributed by atoms with van der Waals surface area (Å²) in [7, 11) is 0. The monoisotopic (exact) mass is 465 g/mol. The van der Waals surface area contributed by atoms with Crippen LogP contribution in [-0.2, 0) is 4.79 Å². The molecule has 0 unspecified atom stereocenters. The Hall–Kier alpha value is -3.53. The van der Waals surface area contributed by atoms with Gasteiger partial charge in [-0.25, -0.2) is 4.98 Å². The van der Waals surface area contributed by atoms with Gasteiger partial charge in [-0.2, -0.15) is 4.68 Å². The Morgan fingerprint density at radius 3 is 2.58 bits per heavy atom. The molecule has 4 rings (SSSR count). The molecule has 0 aliphatic heterocycles. The van der Waals surface area contributed by atoms with Crippen LogP contribution in [0.25, 0.3) is 11.4 Å². The highest BCUT2D eigenvalue weighted by Gasteiger charge is 2.27. The van der Waals surface area contributed by atoms with Crippen molar-refractivity contribution in [2.24, 2.45) is 5.92 Å². The molecule has 9 nitrogen and oxygen atoms in total. The first-order chi connectivity index (χ1) is 16.0. The van der Waals surface area contributed by atoms with Crippen molar-refractivity contribution >= 4 is 35.0 Å². The van der Waals surface area contributed by atoms with Gasteiger partial charge in [0.2, 0.25) is 5.91 Å². The van der Waals surface area contributed by atoms with Crippen LogP contribution in [0.15, 0.2) is 59.8 Å². The van der Waals surface area contributed by atoms with Crippen molar-refractivity contribution in [2.45, 2.75) is 37.3 Å². The lowest BCUT2D eigenvalue weighted by Crippen LogP contribution is -2.26. The molecule has 1 amide bonds. The van der Waals surface area contributed by atoms with E-state index in [9.17, 15) is 19.7 Å². The van der Waals surface area contributed by atoms with E-state index < -0.39 is 4.92 Å². The summed E-state index contributed by atoms with van der Waals surface area (Å²) in [6, 6.07) is 15.1. The summed E-state index contributed by atoms with van der Waals surface area (Å²) < 4.78 is 1.34. The fourth-order valence-corrected chi connectivity index (χ4v) is 4.53. The average molecular weight is 466 g/mol. The highest BCUT2D eigenvalue weighted by molar-refractivity contribution is 7.99. The fraction of sp³-hybridized carbons (Fsp3) is 0.304. The molecule has 1 heterocycles. The van der Waals surface area contributed by atoms with Crippen molar-refractivity contribution in [3.05, 3.63) is 64.7 Å². The van der Waals surface area contributed by atoms with Gasteiger partial charge in [0.05, 0.1) is 10.7 Å². The smallest absolute Gasteiger partial charge is 0.271 e. The Morgan fingerprint density at radius 2 is 1.85 bits per heavy atom. The zero-order valence-electron chi connectivity index (χ0n) is 17.8. The first-order valence-corrected chi connectivity index (χ1v) is 11.7. The number of nitro benzene ring substituents is 1. The molecule has 0 atom stereocenters. The molecule has 1 aliphatic carbocycles. The quantitative estimate of drug-likeness (QED) is 0.302. The molecular formula is C23H23N5O4S. The number of nitrogens with zero attached hydrogens (tertiary/aromatic N) is 4. The van der Waals surface area contributed by atoms with Gasteiger partial charge in [-0.3, -0.25) is 19.7 Å². The van der Waals surface area contributed by atoms with Crippen molar-refractivity contribution in [2.75, 3.05) is 11.1 Å². The second-order valence-corrected chi connectivity index (χ2v) is 8.76. The predicted molar refractivity (Wildman–Crippen MR) is 125 cm³/mol. The van der Waals surface area contributed by atoms with E-state index in [1.165, 1.54) is 22.9 Å². The fourth-order valence-electron chi connectivity index (χ4n) is 3.79. The molecule has 10 heteroatoms. The van der Waals surface area contributed by atoms with E-state index in [0.29, 0.717) is 16.7 Å². The summed E-state index contributed by atoms with van der Waals surface area (Å²) in [4.78, 5) is 40.6. The average Bonchev–Trinajstić information content (AvgIpc) is 3.28. The Balaban J connectivity index is 1.51. The van der Waals surface area contributed by atoms with Gasteiger partial charge in [0.1, 0.15) is 0 Å². The van der Waals surface area contributed by atoms with Gasteiger partial charge >= 0.3 is 0 Å². The zero-order chi connectivity index (χ0) is 23.2. The number of hydrogen-bond acceptors (Lipinski definition) is 7. The largest absolute Gasteiger partial charge is 0.325 e. The molecule has 0 radical (unpaired) electrons. The summed E-state index contributed by atoms with van der Waals surface area (Å²) in [5.41, 5.74) is 1.01. The summed E-state index contributed by atoms with van der Waals surface area (Å²) >= 11 is 1.12. The number of amides is 1. The highest BCUT2D eigenvalue weighted by Crippen LogP contribution is 2.28. The number of aromatic nitrogens is 3. The van der Waals surface area contributed by atoms with Gasteiger partial charge in [-0.1, -0.05) is 67.4 Å². The Labute approximate surface area is 194 Å². The molecule has 0 bridgehead atoms. The number of non-ortho nitro benzene ring substituents is 1. The molecule has 0 spiro atoms. The van der Waals surface area contributed by atoms with E-state index in [1.54, 1.807) is 6.07 Å². The minimum atomic E-state index is -0.519. The number of carbonyl (C=O) groups excluding carboxylic acids is 2. The number of thioether (sulfide) groups is 1. The van der Waals surface area contributed by atoms with Gasteiger partial charge in [0.15, 0.2) is 11.0 Å². The first kappa shape index (κ1) is 22.7. The van der Waals surface area contributed by atoms with E-state index in [1.807, 2.05) is 30.3 Å². The molecule has 1 N–H and O–H groups in total. The third-order valence-electron chi connectivity index (χ3n) is 5.45. The van der Waals surface area contributed by atoms with Crippen molar-refractivity contribution in [1.82, 2.24) is 14.8 Å². The Bertz CT molecular complexity index is 1160. The number of hydrogen-bond donors (Lipinski definition) is 1. The zero-order valence-corrected chi connectivity index (χ0v) is 18.7. The summed E-state index contributed by atoms with van der Waals surface area (Å²) in [6.45, 7) is 0. The van der Waals surface area contributed by atoms with Gasteiger partial charge in [0, 0.05) is 29.3 Å². The summed E-state index contributed by atoms with van der Waals surface area (Å²) in [5.74, 6) is -0.135. The lowest BCUT2D eigenvalue weighted by Gasteiger charge is -2.20. The highest BCUT2D eigenvalue weighted by atomic mass is 32.2. The van der Waals surface area contributed by atoms with Crippen LogP contribution in [0, 0.1) is 16.0 Å². The molecule has 1 aliphatic rings. The van der Waals surface area contributed by atoms with Gasteiger partial charge < -0.3 is 5.32 Å². The Morgan fingerprint density at radius 1 is 1.09 bits per heavy atom. The topological polar surface area (TPSA) is 120 Å².